The average molecular weight is 144 g/mol. The van der Waals surface area contributed by atoms with Crippen molar-refractivity contribution in [3.63, 3.8) is 0 Å². The van der Waals surface area contributed by atoms with Crippen molar-refractivity contribution in [3.05, 3.63) is 0 Å². The predicted molar refractivity (Wildman–Crippen MR) is 35.8 cm³/mol. The first-order chi connectivity index (χ1) is 4.79. The highest BCUT2D eigenvalue weighted by Gasteiger charge is 2.04. The number of nitrogen functional groups attached to an aromatic ring is 3. The zero-order valence-corrected chi connectivity index (χ0v) is 5.07. The number of nitrogens with two attached hydrogens (primary N) is 3. The molecule has 0 aliphatic carbocycles. The van der Waals surface area contributed by atoms with Gasteiger partial charge in [0.15, 0.2) is 0 Å². The summed E-state index contributed by atoms with van der Waals surface area (Å²) >= 11 is 0. The summed E-state index contributed by atoms with van der Waals surface area (Å²) in [5.41, 5.74) is 4.44. The lowest BCUT2D eigenvalue weighted by Crippen LogP contribution is -2.21. The zero-order valence-electron chi connectivity index (χ0n) is 5.07. The molecular weight excluding hydrogens is 136 g/mol. The Morgan fingerprint density at radius 3 is 1.70 bits per heavy atom. The Morgan fingerprint density at radius 1 is 1.10 bits per heavy atom. The lowest BCUT2D eigenvalue weighted by atomic mass is 11.0. The molecule has 8 heteroatoms. The molecule has 0 fully saturated rings. The number of nitrogens with zero attached hydrogens (tertiary/aromatic N) is 3. The van der Waals surface area contributed by atoms with Gasteiger partial charge in [-0.2, -0.15) is 4.68 Å². The largest absolute Gasteiger partial charge is 0.333 e. The summed E-state index contributed by atoms with van der Waals surface area (Å²) in [5.74, 6) is 15.8. The van der Waals surface area contributed by atoms with Crippen molar-refractivity contribution in [1.82, 2.24) is 14.9 Å². The molecule has 1 aromatic rings. The van der Waals surface area contributed by atoms with Gasteiger partial charge in [0.2, 0.25) is 0 Å². The number of aromatic nitrogens is 3. The van der Waals surface area contributed by atoms with Gasteiger partial charge in [0.1, 0.15) is 0 Å². The molecule has 56 valence electrons. The standard InChI is InChI=1S/C2H8N8/c3-6-1-8-9-2(7-4)10(1)5/h3-5H2,(H,6,8)(H,7,9). The SMILES string of the molecule is NNc1nnc(NN)n1N. The van der Waals surface area contributed by atoms with Gasteiger partial charge in [0.25, 0.3) is 11.9 Å². The predicted octanol–water partition coefficient (Wildman–Crippen LogP) is -2.44. The zero-order chi connectivity index (χ0) is 7.56. The molecule has 1 aromatic heterocycles. The van der Waals surface area contributed by atoms with Crippen LogP contribution in [-0.4, -0.2) is 14.9 Å². The average Bonchev–Trinajstić information content (AvgIpc) is 2.30. The minimum Gasteiger partial charge on any atom is -0.333 e. The Balaban J connectivity index is 2.97. The summed E-state index contributed by atoms with van der Waals surface area (Å²) < 4.78 is 1.08. The summed E-state index contributed by atoms with van der Waals surface area (Å²) in [6, 6.07) is 0. The lowest BCUT2D eigenvalue weighted by molar-refractivity contribution is 0.980. The first kappa shape index (κ1) is 6.58. The van der Waals surface area contributed by atoms with Crippen LogP contribution in [0.2, 0.25) is 0 Å². The molecule has 0 aliphatic rings. The number of anilines is 2. The van der Waals surface area contributed by atoms with Gasteiger partial charge in [-0.05, 0) is 0 Å². The number of hydrogen-bond acceptors (Lipinski definition) is 7. The summed E-state index contributed by atoms with van der Waals surface area (Å²) in [5, 5.41) is 7.03. The van der Waals surface area contributed by atoms with Gasteiger partial charge in [-0.3, -0.25) is 10.9 Å². The van der Waals surface area contributed by atoms with Crippen LogP contribution in [0, 0.1) is 0 Å². The highest BCUT2D eigenvalue weighted by atomic mass is 15.6. The van der Waals surface area contributed by atoms with E-state index in [0.29, 0.717) is 0 Å². The number of nitrogens with one attached hydrogen (secondary N) is 2. The van der Waals surface area contributed by atoms with E-state index in [2.05, 4.69) is 21.0 Å². The molecule has 0 spiro atoms. The fraction of sp³-hybridized carbons (Fsp3) is 0. The highest BCUT2D eigenvalue weighted by Crippen LogP contribution is 2.02. The molecule has 1 heterocycles. The van der Waals surface area contributed by atoms with E-state index in [-0.39, 0.29) is 11.9 Å². The van der Waals surface area contributed by atoms with Crippen molar-refractivity contribution < 1.29 is 0 Å². The molecule has 0 aromatic carbocycles. The lowest BCUT2D eigenvalue weighted by Gasteiger charge is -1.99. The van der Waals surface area contributed by atoms with E-state index >= 15 is 0 Å². The van der Waals surface area contributed by atoms with Crippen LogP contribution in [0.3, 0.4) is 0 Å². The Kier molecular flexibility index (Phi) is 1.56. The molecule has 0 atom stereocenters. The van der Waals surface area contributed by atoms with Gasteiger partial charge in [-0.15, -0.1) is 10.2 Å². The molecule has 10 heavy (non-hydrogen) atoms. The second-order valence-corrected chi connectivity index (χ2v) is 1.51. The van der Waals surface area contributed by atoms with Gasteiger partial charge in [0, 0.05) is 0 Å². The molecule has 8 nitrogen and oxygen atoms in total. The molecule has 0 radical (unpaired) electrons. The maximum Gasteiger partial charge on any atom is 0.259 e. The summed E-state index contributed by atoms with van der Waals surface area (Å²) in [7, 11) is 0. The molecule has 8 N–H and O–H groups in total. The normalized spacial score (nSPS) is 9.40. The van der Waals surface area contributed by atoms with Crippen LogP contribution < -0.4 is 28.4 Å². The van der Waals surface area contributed by atoms with Gasteiger partial charge in [-0.1, -0.05) is 0 Å². The van der Waals surface area contributed by atoms with Crippen molar-refractivity contribution in [1.29, 1.82) is 0 Å². The van der Waals surface area contributed by atoms with Crippen molar-refractivity contribution in [3.8, 4) is 0 Å². The maximum atomic E-state index is 5.33. The van der Waals surface area contributed by atoms with Gasteiger partial charge >= 0.3 is 0 Å². The van der Waals surface area contributed by atoms with Crippen LogP contribution in [0.4, 0.5) is 11.9 Å². The molecule has 0 aliphatic heterocycles. The Labute approximate surface area is 56.3 Å². The summed E-state index contributed by atoms with van der Waals surface area (Å²) in [6.45, 7) is 0. The molecular formula is C2H8N8. The first-order valence-corrected chi connectivity index (χ1v) is 2.43. The fourth-order valence-electron chi connectivity index (χ4n) is 0.488. The Morgan fingerprint density at radius 2 is 1.50 bits per heavy atom. The molecule has 0 saturated carbocycles. The van der Waals surface area contributed by atoms with E-state index in [1.165, 1.54) is 0 Å². The molecule has 0 amide bonds. The van der Waals surface area contributed by atoms with Crippen LogP contribution in [0.1, 0.15) is 0 Å². The number of hydrogen-bond donors (Lipinski definition) is 5. The minimum absolute atomic E-state index is 0.230. The van der Waals surface area contributed by atoms with Crippen LogP contribution in [0.25, 0.3) is 0 Å². The third-order valence-electron chi connectivity index (χ3n) is 0.954. The molecule has 0 bridgehead atoms. The Hall–Kier alpha value is -1.54. The van der Waals surface area contributed by atoms with Crippen molar-refractivity contribution in [2.75, 3.05) is 16.7 Å². The van der Waals surface area contributed by atoms with Crippen LogP contribution in [-0.2, 0) is 0 Å². The quantitative estimate of drug-likeness (QED) is 0.230. The van der Waals surface area contributed by atoms with Crippen LogP contribution >= 0.6 is 0 Å². The van der Waals surface area contributed by atoms with Crippen LogP contribution in [0.15, 0.2) is 0 Å². The molecule has 0 unspecified atom stereocenters. The second-order valence-electron chi connectivity index (χ2n) is 1.51. The van der Waals surface area contributed by atoms with E-state index in [0.717, 1.165) is 4.68 Å². The monoisotopic (exact) mass is 144 g/mol. The number of rotatable bonds is 2. The second kappa shape index (κ2) is 2.37. The van der Waals surface area contributed by atoms with Crippen molar-refractivity contribution in [2.45, 2.75) is 0 Å². The third kappa shape index (κ3) is 0.806. The van der Waals surface area contributed by atoms with Crippen molar-refractivity contribution in [2.24, 2.45) is 11.7 Å². The summed E-state index contributed by atoms with van der Waals surface area (Å²) in [4.78, 5) is 0. The van der Waals surface area contributed by atoms with E-state index in [1.54, 1.807) is 0 Å². The van der Waals surface area contributed by atoms with Gasteiger partial charge < -0.3 is 5.84 Å². The summed E-state index contributed by atoms with van der Waals surface area (Å²) in [6.07, 6.45) is 0. The maximum absolute atomic E-state index is 5.33. The van der Waals surface area contributed by atoms with E-state index in [4.69, 9.17) is 17.5 Å². The van der Waals surface area contributed by atoms with E-state index < -0.39 is 0 Å². The highest BCUT2D eigenvalue weighted by molar-refractivity contribution is 5.34. The Bertz CT molecular complexity index is 192. The van der Waals surface area contributed by atoms with Crippen molar-refractivity contribution >= 4 is 11.9 Å². The third-order valence-corrected chi connectivity index (χ3v) is 0.954. The van der Waals surface area contributed by atoms with Crippen LogP contribution in [0.5, 0.6) is 0 Å². The van der Waals surface area contributed by atoms with Gasteiger partial charge in [0.05, 0.1) is 0 Å². The molecule has 1 rings (SSSR count). The smallest absolute Gasteiger partial charge is 0.259 e. The number of hydrazine groups is 2. The first-order valence-electron chi connectivity index (χ1n) is 2.43. The topological polar surface area (TPSA) is 133 Å². The molecule has 0 saturated heterocycles. The fourth-order valence-corrected chi connectivity index (χ4v) is 0.488. The minimum atomic E-state index is 0.230. The van der Waals surface area contributed by atoms with E-state index in [1.807, 2.05) is 0 Å². The van der Waals surface area contributed by atoms with Gasteiger partial charge in [-0.25, -0.2) is 11.7 Å². The van der Waals surface area contributed by atoms with E-state index in [9.17, 15) is 0 Å².